The third-order valence-corrected chi connectivity index (χ3v) is 2.92. The van der Waals surface area contributed by atoms with E-state index in [1.165, 1.54) is 29.3 Å². The van der Waals surface area contributed by atoms with Crippen LogP contribution in [-0.4, -0.2) is 11.1 Å². The molecule has 0 aliphatic rings. The molecule has 0 unspecified atom stereocenters. The second kappa shape index (κ2) is 9.38. The largest absolute Gasteiger partial charge is 0.478 e. The van der Waals surface area contributed by atoms with Gasteiger partial charge in [0.25, 0.3) is 0 Å². The van der Waals surface area contributed by atoms with Gasteiger partial charge in [0, 0.05) is 6.20 Å². The Labute approximate surface area is 135 Å². The summed E-state index contributed by atoms with van der Waals surface area (Å²) in [6.07, 6.45) is 4.07. The minimum atomic E-state index is -0.999. The van der Waals surface area contributed by atoms with E-state index < -0.39 is 5.97 Å². The van der Waals surface area contributed by atoms with Crippen molar-refractivity contribution < 1.29 is 14.3 Å². The molecule has 0 bridgehead atoms. The van der Waals surface area contributed by atoms with Crippen LogP contribution in [-0.2, 0) is 6.42 Å². The maximum atomic E-state index is 12.8. The number of aromatic carboxylic acids is 1. The van der Waals surface area contributed by atoms with Gasteiger partial charge in [0.2, 0.25) is 0 Å². The summed E-state index contributed by atoms with van der Waals surface area (Å²) in [6.45, 7) is 4.00. The number of anilines is 1. The molecule has 2 aromatic rings. The Bertz CT molecular complexity index is 654. The van der Waals surface area contributed by atoms with Gasteiger partial charge in [-0.1, -0.05) is 38.1 Å². The van der Waals surface area contributed by atoms with Crippen LogP contribution >= 0.6 is 0 Å². The van der Waals surface area contributed by atoms with Gasteiger partial charge in [0.15, 0.2) is 0 Å². The topological polar surface area (TPSA) is 66.6 Å². The van der Waals surface area contributed by atoms with Crippen LogP contribution in [0, 0.1) is 5.82 Å². The number of hydrogen-bond donors (Lipinski definition) is 2. The zero-order valence-electron chi connectivity index (χ0n) is 13.2. The molecule has 0 saturated heterocycles. The number of allylic oxidation sites excluding steroid dienone is 1. The molecule has 0 aromatic heterocycles. The summed E-state index contributed by atoms with van der Waals surface area (Å²) >= 11 is 0. The summed E-state index contributed by atoms with van der Waals surface area (Å²) in [5, 5.41) is 10.3. The lowest BCUT2D eigenvalue weighted by atomic mass is 10.1. The van der Waals surface area contributed by atoms with E-state index in [9.17, 15) is 9.18 Å². The van der Waals surface area contributed by atoms with Crippen LogP contribution in [0.3, 0.4) is 0 Å². The first kappa shape index (κ1) is 18.4. The lowest BCUT2D eigenvalue weighted by Gasteiger charge is -2.14. The lowest BCUT2D eigenvalue weighted by Crippen LogP contribution is -2.24. The number of nitrogens with two attached hydrogens (primary N) is 1. The molecule has 3 N–H and O–H groups in total. The van der Waals surface area contributed by atoms with Gasteiger partial charge in [-0.15, -0.1) is 0 Å². The van der Waals surface area contributed by atoms with Gasteiger partial charge in [-0.05, 0) is 42.3 Å². The molecule has 4 nitrogen and oxygen atoms in total. The quantitative estimate of drug-likeness (QED) is 0.646. The van der Waals surface area contributed by atoms with Crippen molar-refractivity contribution in [2.24, 2.45) is 5.84 Å². The minimum absolute atomic E-state index is 0.176. The van der Waals surface area contributed by atoms with Gasteiger partial charge in [0.05, 0.1) is 11.3 Å². The van der Waals surface area contributed by atoms with Crippen molar-refractivity contribution in [1.82, 2.24) is 0 Å². The standard InChI is InChI=1S/C16H15FN2O2.C2H6/c17-14-8-6-12(7-9-14)3-2-10-19(18)15-5-1-4-13(11-15)16(20)21;1-2/h1-2,4-11H,3,18H2,(H,20,21);1-2H3/b10-2-;. The average Bonchev–Trinajstić information content (AvgIpc) is 2.58. The summed E-state index contributed by atoms with van der Waals surface area (Å²) in [6, 6.07) is 12.5. The summed E-state index contributed by atoms with van der Waals surface area (Å²) in [5.74, 6) is 4.58. The highest BCUT2D eigenvalue weighted by Crippen LogP contribution is 2.14. The molecular weight excluding hydrogens is 295 g/mol. The molecule has 0 heterocycles. The van der Waals surface area contributed by atoms with E-state index in [4.69, 9.17) is 10.9 Å². The smallest absolute Gasteiger partial charge is 0.335 e. The van der Waals surface area contributed by atoms with Crippen molar-refractivity contribution in [3.05, 3.63) is 77.8 Å². The molecule has 2 rings (SSSR count). The maximum Gasteiger partial charge on any atom is 0.335 e. The number of hydrogen-bond acceptors (Lipinski definition) is 3. The summed E-state index contributed by atoms with van der Waals surface area (Å²) in [7, 11) is 0. The van der Waals surface area contributed by atoms with Gasteiger partial charge in [-0.25, -0.2) is 15.0 Å². The highest BCUT2D eigenvalue weighted by Gasteiger charge is 2.04. The fourth-order valence-corrected chi connectivity index (χ4v) is 1.81. The highest BCUT2D eigenvalue weighted by atomic mass is 19.1. The number of rotatable bonds is 5. The Morgan fingerprint density at radius 1 is 1.22 bits per heavy atom. The fraction of sp³-hybridized carbons (Fsp3) is 0.167. The Morgan fingerprint density at radius 2 is 1.87 bits per heavy atom. The SMILES string of the molecule is CC.NN(/C=C\Cc1ccc(F)cc1)c1cccc(C(=O)O)c1. The van der Waals surface area contributed by atoms with Crippen molar-refractivity contribution in [2.45, 2.75) is 20.3 Å². The molecule has 122 valence electrons. The van der Waals surface area contributed by atoms with Gasteiger partial charge in [0.1, 0.15) is 5.82 Å². The molecule has 5 heteroatoms. The van der Waals surface area contributed by atoms with Gasteiger partial charge in [-0.3, -0.25) is 5.01 Å². The van der Waals surface area contributed by atoms with Crippen LogP contribution in [0.25, 0.3) is 0 Å². The second-order valence-corrected chi connectivity index (χ2v) is 4.48. The number of nitrogens with zero attached hydrogens (tertiary/aromatic N) is 1. The van der Waals surface area contributed by atoms with Gasteiger partial charge >= 0.3 is 5.97 Å². The predicted octanol–water partition coefficient (Wildman–Crippen LogP) is 3.99. The zero-order valence-corrected chi connectivity index (χ0v) is 13.2. The van der Waals surface area contributed by atoms with E-state index in [-0.39, 0.29) is 11.4 Å². The van der Waals surface area contributed by atoms with E-state index in [0.29, 0.717) is 12.1 Å². The Hall–Kier alpha value is -2.66. The first-order chi connectivity index (χ1) is 11.1. The van der Waals surface area contributed by atoms with Gasteiger partial charge in [-0.2, -0.15) is 0 Å². The van der Waals surface area contributed by atoms with Crippen LogP contribution in [0.4, 0.5) is 10.1 Å². The molecule has 0 saturated carbocycles. The van der Waals surface area contributed by atoms with E-state index in [1.54, 1.807) is 30.5 Å². The molecule has 0 aliphatic carbocycles. The Kier molecular flexibility index (Phi) is 7.50. The monoisotopic (exact) mass is 316 g/mol. The second-order valence-electron chi connectivity index (χ2n) is 4.48. The number of hydrazine groups is 1. The molecule has 0 spiro atoms. The van der Waals surface area contributed by atoms with Crippen LogP contribution in [0.1, 0.15) is 29.8 Å². The summed E-state index contributed by atoms with van der Waals surface area (Å²) in [5.41, 5.74) is 1.71. The first-order valence-corrected chi connectivity index (χ1v) is 7.34. The molecule has 0 amide bonds. The molecule has 2 aromatic carbocycles. The Balaban J connectivity index is 0.00000127. The van der Waals surface area contributed by atoms with Crippen LogP contribution in [0.2, 0.25) is 0 Å². The van der Waals surface area contributed by atoms with Gasteiger partial charge < -0.3 is 5.11 Å². The summed E-state index contributed by atoms with van der Waals surface area (Å²) in [4.78, 5) is 10.9. The van der Waals surface area contributed by atoms with Crippen molar-refractivity contribution in [2.75, 3.05) is 5.01 Å². The zero-order chi connectivity index (χ0) is 17.2. The Morgan fingerprint density at radius 3 is 2.48 bits per heavy atom. The van der Waals surface area contributed by atoms with Crippen LogP contribution in [0.5, 0.6) is 0 Å². The third-order valence-electron chi connectivity index (χ3n) is 2.92. The normalized spacial score (nSPS) is 10.1. The van der Waals surface area contributed by atoms with Crippen molar-refractivity contribution in [3.63, 3.8) is 0 Å². The first-order valence-electron chi connectivity index (χ1n) is 7.34. The minimum Gasteiger partial charge on any atom is -0.478 e. The van der Waals surface area contributed by atoms with E-state index in [1.807, 2.05) is 19.9 Å². The molecule has 0 aliphatic heterocycles. The molecular formula is C18H21FN2O2. The number of halogens is 1. The molecule has 0 fully saturated rings. The number of benzene rings is 2. The molecule has 23 heavy (non-hydrogen) atoms. The van der Waals surface area contributed by atoms with Crippen LogP contribution < -0.4 is 10.9 Å². The van der Waals surface area contributed by atoms with E-state index >= 15 is 0 Å². The lowest BCUT2D eigenvalue weighted by molar-refractivity contribution is 0.0697. The van der Waals surface area contributed by atoms with E-state index in [2.05, 4.69) is 0 Å². The maximum absolute atomic E-state index is 12.8. The number of carboxylic acids is 1. The third kappa shape index (κ3) is 5.92. The predicted molar refractivity (Wildman–Crippen MR) is 90.7 cm³/mol. The molecule has 0 atom stereocenters. The van der Waals surface area contributed by atoms with Crippen molar-refractivity contribution in [3.8, 4) is 0 Å². The molecule has 0 radical (unpaired) electrons. The number of carboxylic acid groups (broad SMARTS) is 1. The fourth-order valence-electron chi connectivity index (χ4n) is 1.81. The number of carbonyl (C=O) groups is 1. The summed E-state index contributed by atoms with van der Waals surface area (Å²) < 4.78 is 12.8. The average molecular weight is 316 g/mol. The van der Waals surface area contributed by atoms with Crippen molar-refractivity contribution >= 4 is 11.7 Å². The van der Waals surface area contributed by atoms with Crippen LogP contribution in [0.15, 0.2) is 60.8 Å². The van der Waals surface area contributed by atoms with Crippen molar-refractivity contribution in [1.29, 1.82) is 0 Å². The van der Waals surface area contributed by atoms with E-state index in [0.717, 1.165) is 5.56 Å². The highest BCUT2D eigenvalue weighted by molar-refractivity contribution is 5.88.